The number of anilines is 1. The first kappa shape index (κ1) is 19.0. The molecule has 0 unspecified atom stereocenters. The molecule has 1 saturated heterocycles. The van der Waals surface area contributed by atoms with Crippen LogP contribution in [0.5, 0.6) is 0 Å². The number of benzene rings is 2. The Balaban J connectivity index is 1.69. The van der Waals surface area contributed by atoms with Crippen molar-refractivity contribution < 1.29 is 18.4 Å². The van der Waals surface area contributed by atoms with Gasteiger partial charge in [-0.15, -0.1) is 0 Å². The zero-order valence-corrected chi connectivity index (χ0v) is 15.3. The quantitative estimate of drug-likeness (QED) is 0.842. The SMILES string of the molecule is CCN1C(=O)[C@H](CC(=O)Nc2ccc(F)cc2)SC1=Nc1ccc(F)cc1. The lowest BCUT2D eigenvalue weighted by molar-refractivity contribution is -0.128. The number of nitrogens with one attached hydrogen (secondary N) is 1. The number of aliphatic imine (C=N–C) groups is 1. The third-order valence-electron chi connectivity index (χ3n) is 3.89. The molecule has 0 saturated carbocycles. The van der Waals surface area contributed by atoms with E-state index in [-0.39, 0.29) is 24.1 Å². The first-order valence-corrected chi connectivity index (χ1v) is 9.22. The first-order valence-electron chi connectivity index (χ1n) is 8.34. The van der Waals surface area contributed by atoms with Crippen LogP contribution in [0.2, 0.25) is 0 Å². The highest BCUT2D eigenvalue weighted by atomic mass is 32.2. The highest BCUT2D eigenvalue weighted by molar-refractivity contribution is 8.15. The van der Waals surface area contributed by atoms with Crippen LogP contribution in [-0.2, 0) is 9.59 Å². The van der Waals surface area contributed by atoms with Gasteiger partial charge in [0.2, 0.25) is 11.8 Å². The number of hydrogen-bond donors (Lipinski definition) is 1. The molecule has 2 aromatic rings. The zero-order valence-electron chi connectivity index (χ0n) is 14.5. The fraction of sp³-hybridized carbons (Fsp3) is 0.211. The molecule has 8 heteroatoms. The van der Waals surface area contributed by atoms with Crippen LogP contribution in [-0.4, -0.2) is 33.7 Å². The van der Waals surface area contributed by atoms with E-state index in [4.69, 9.17) is 0 Å². The van der Waals surface area contributed by atoms with Gasteiger partial charge in [0, 0.05) is 18.7 Å². The molecule has 1 aliphatic rings. The van der Waals surface area contributed by atoms with Crippen molar-refractivity contribution in [1.29, 1.82) is 0 Å². The molecule has 0 spiro atoms. The van der Waals surface area contributed by atoms with Crippen LogP contribution < -0.4 is 5.32 Å². The van der Waals surface area contributed by atoms with Gasteiger partial charge in [0.25, 0.3) is 0 Å². The zero-order chi connectivity index (χ0) is 19.4. The molecule has 1 N–H and O–H groups in total. The molecule has 0 radical (unpaired) electrons. The van der Waals surface area contributed by atoms with Gasteiger partial charge in [-0.1, -0.05) is 11.8 Å². The average Bonchev–Trinajstić information content (AvgIpc) is 2.93. The molecule has 0 bridgehead atoms. The van der Waals surface area contributed by atoms with E-state index in [2.05, 4.69) is 10.3 Å². The molecule has 27 heavy (non-hydrogen) atoms. The molecular formula is C19H17F2N3O2S. The molecule has 1 heterocycles. The minimum absolute atomic E-state index is 0.0280. The third kappa shape index (κ3) is 4.71. The summed E-state index contributed by atoms with van der Waals surface area (Å²) in [7, 11) is 0. The standard InChI is InChI=1S/C19H17F2N3O2S/c1-2-24-18(26)16(11-17(25)22-14-7-3-12(20)4-8-14)27-19(24)23-15-9-5-13(21)6-10-15/h3-10,16H,2,11H2,1H3,(H,22,25)/t16-/m0/s1. The second kappa shape index (κ2) is 8.30. The number of thioether (sulfide) groups is 1. The van der Waals surface area contributed by atoms with E-state index >= 15 is 0 Å². The summed E-state index contributed by atoms with van der Waals surface area (Å²) < 4.78 is 26.0. The average molecular weight is 389 g/mol. The lowest BCUT2D eigenvalue weighted by Crippen LogP contribution is -2.33. The van der Waals surface area contributed by atoms with Crippen molar-refractivity contribution in [2.45, 2.75) is 18.6 Å². The lowest BCUT2D eigenvalue weighted by Gasteiger charge is -2.13. The number of amidine groups is 1. The summed E-state index contributed by atoms with van der Waals surface area (Å²) in [6.45, 7) is 2.24. The fourth-order valence-electron chi connectivity index (χ4n) is 2.56. The fourth-order valence-corrected chi connectivity index (χ4v) is 3.78. The van der Waals surface area contributed by atoms with Gasteiger partial charge in [-0.05, 0) is 55.5 Å². The summed E-state index contributed by atoms with van der Waals surface area (Å²) in [4.78, 5) is 30.7. The predicted octanol–water partition coefficient (Wildman–Crippen LogP) is 3.95. The number of nitrogens with zero attached hydrogens (tertiary/aromatic N) is 2. The molecule has 0 aromatic heterocycles. The van der Waals surface area contributed by atoms with Crippen LogP contribution in [0.15, 0.2) is 53.5 Å². The van der Waals surface area contributed by atoms with E-state index < -0.39 is 11.1 Å². The smallest absolute Gasteiger partial charge is 0.242 e. The van der Waals surface area contributed by atoms with Gasteiger partial charge in [0.1, 0.15) is 16.9 Å². The largest absolute Gasteiger partial charge is 0.326 e. The lowest BCUT2D eigenvalue weighted by atomic mass is 10.2. The van der Waals surface area contributed by atoms with Crippen LogP contribution in [0.25, 0.3) is 0 Å². The van der Waals surface area contributed by atoms with Crippen LogP contribution in [0, 0.1) is 11.6 Å². The van der Waals surface area contributed by atoms with Crippen LogP contribution >= 0.6 is 11.8 Å². The van der Waals surface area contributed by atoms with E-state index in [1.807, 2.05) is 6.92 Å². The number of halogens is 2. The van der Waals surface area contributed by atoms with Gasteiger partial charge in [0.05, 0.1) is 5.69 Å². The molecular weight excluding hydrogens is 372 g/mol. The van der Waals surface area contributed by atoms with E-state index in [1.165, 1.54) is 65.2 Å². The summed E-state index contributed by atoms with van der Waals surface area (Å²) >= 11 is 1.20. The topological polar surface area (TPSA) is 61.8 Å². The maximum Gasteiger partial charge on any atom is 0.242 e. The van der Waals surface area contributed by atoms with E-state index in [1.54, 1.807) is 0 Å². The van der Waals surface area contributed by atoms with Crippen molar-refractivity contribution >= 4 is 40.1 Å². The number of rotatable bonds is 5. The number of hydrogen-bond acceptors (Lipinski definition) is 4. The van der Waals surface area contributed by atoms with Crippen molar-refractivity contribution in [3.8, 4) is 0 Å². The molecule has 140 valence electrons. The number of carbonyl (C=O) groups excluding carboxylic acids is 2. The molecule has 2 aromatic carbocycles. The van der Waals surface area contributed by atoms with Crippen molar-refractivity contribution in [3.05, 3.63) is 60.2 Å². The summed E-state index contributed by atoms with van der Waals surface area (Å²) in [6.07, 6.45) is -0.0280. The van der Waals surface area contributed by atoms with E-state index in [9.17, 15) is 18.4 Å². The Morgan fingerprint density at radius 2 is 1.70 bits per heavy atom. The van der Waals surface area contributed by atoms with Gasteiger partial charge in [-0.2, -0.15) is 0 Å². The Bertz CT molecular complexity index is 870. The number of carbonyl (C=O) groups is 2. The van der Waals surface area contributed by atoms with E-state index in [0.29, 0.717) is 23.1 Å². The monoisotopic (exact) mass is 389 g/mol. The van der Waals surface area contributed by atoms with Crippen molar-refractivity contribution in [1.82, 2.24) is 4.90 Å². The van der Waals surface area contributed by atoms with Gasteiger partial charge in [0.15, 0.2) is 5.17 Å². The normalized spacial score (nSPS) is 18.2. The van der Waals surface area contributed by atoms with Crippen LogP contribution in [0.3, 0.4) is 0 Å². The minimum atomic E-state index is -0.593. The molecule has 0 aliphatic carbocycles. The van der Waals surface area contributed by atoms with Crippen molar-refractivity contribution in [3.63, 3.8) is 0 Å². The van der Waals surface area contributed by atoms with Gasteiger partial charge in [-0.25, -0.2) is 13.8 Å². The maximum atomic E-state index is 13.0. The third-order valence-corrected chi connectivity index (χ3v) is 5.06. The molecule has 2 amide bonds. The van der Waals surface area contributed by atoms with Gasteiger partial charge in [-0.3, -0.25) is 14.5 Å². The van der Waals surface area contributed by atoms with Gasteiger partial charge < -0.3 is 5.32 Å². The highest BCUT2D eigenvalue weighted by Crippen LogP contribution is 2.31. The molecule has 1 aliphatic heterocycles. The van der Waals surface area contributed by atoms with E-state index in [0.717, 1.165) is 0 Å². The predicted molar refractivity (Wildman–Crippen MR) is 102 cm³/mol. The van der Waals surface area contributed by atoms with Gasteiger partial charge >= 0.3 is 0 Å². The van der Waals surface area contributed by atoms with Crippen molar-refractivity contribution in [2.24, 2.45) is 4.99 Å². The summed E-state index contributed by atoms with van der Waals surface area (Å²) in [5.41, 5.74) is 0.992. The summed E-state index contributed by atoms with van der Waals surface area (Å²) in [6, 6.07) is 11.0. The molecule has 1 atom stereocenters. The van der Waals surface area contributed by atoms with Crippen LogP contribution in [0.1, 0.15) is 13.3 Å². The Labute approximate surface area is 159 Å². The number of amides is 2. The Hall–Kier alpha value is -2.74. The van der Waals surface area contributed by atoms with Crippen molar-refractivity contribution in [2.75, 3.05) is 11.9 Å². The molecule has 1 fully saturated rings. The molecule has 3 rings (SSSR count). The Morgan fingerprint density at radius 1 is 1.11 bits per heavy atom. The molecule has 5 nitrogen and oxygen atoms in total. The highest BCUT2D eigenvalue weighted by Gasteiger charge is 2.38. The Morgan fingerprint density at radius 3 is 2.30 bits per heavy atom. The first-order chi connectivity index (χ1) is 13.0. The second-order valence-corrected chi connectivity index (χ2v) is 6.99. The maximum absolute atomic E-state index is 13.0. The Kier molecular flexibility index (Phi) is 5.85. The van der Waals surface area contributed by atoms with Crippen LogP contribution in [0.4, 0.5) is 20.2 Å². The summed E-state index contributed by atoms with van der Waals surface area (Å²) in [5, 5.41) is 2.54. The summed E-state index contributed by atoms with van der Waals surface area (Å²) in [5.74, 6) is -1.30. The second-order valence-electron chi connectivity index (χ2n) is 5.82. The minimum Gasteiger partial charge on any atom is -0.326 e.